The molecule has 30 heavy (non-hydrogen) atoms. The van der Waals surface area contributed by atoms with Crippen LogP contribution in [0.1, 0.15) is 30.1 Å². The first kappa shape index (κ1) is 20.0. The maximum absolute atomic E-state index is 12.6. The number of hydrogen-bond donors (Lipinski definition) is 2. The molecule has 1 N–H and O–H groups in total. The molecule has 2 aromatic rings. The number of urea groups is 1. The Balaban J connectivity index is 1.63. The van der Waals surface area contributed by atoms with E-state index in [2.05, 4.69) is 18.2 Å². The van der Waals surface area contributed by atoms with Crippen LogP contribution < -0.4 is 10.1 Å². The average molecular weight is 429 g/mol. The number of rotatable bonds is 5. The van der Waals surface area contributed by atoms with Crippen molar-refractivity contribution in [1.82, 2.24) is 9.96 Å². The van der Waals surface area contributed by atoms with Crippen LogP contribution in [0.15, 0.2) is 48.5 Å². The first-order valence-electron chi connectivity index (χ1n) is 9.29. The summed E-state index contributed by atoms with van der Waals surface area (Å²) >= 11 is 3.77. The highest BCUT2D eigenvalue weighted by Gasteiger charge is 2.51. The van der Waals surface area contributed by atoms with E-state index in [1.807, 2.05) is 6.07 Å². The van der Waals surface area contributed by atoms with Gasteiger partial charge >= 0.3 is 18.1 Å². The second-order valence-electron chi connectivity index (χ2n) is 6.68. The summed E-state index contributed by atoms with van der Waals surface area (Å²) in [6, 6.07) is 11.8. The van der Waals surface area contributed by atoms with Crippen LogP contribution in [-0.4, -0.2) is 41.2 Å². The Bertz CT molecular complexity index is 986. The largest absolute Gasteiger partial charge is 0.464 e. The van der Waals surface area contributed by atoms with E-state index in [-0.39, 0.29) is 18.9 Å². The molecule has 2 aliphatic heterocycles. The lowest BCUT2D eigenvalue weighted by Crippen LogP contribution is -2.39. The maximum Gasteiger partial charge on any atom is 0.417 e. The van der Waals surface area contributed by atoms with E-state index in [1.54, 1.807) is 49.4 Å². The third-order valence-electron chi connectivity index (χ3n) is 4.94. The molecule has 9 nitrogen and oxygen atoms in total. The Hall–Kier alpha value is -3.24. The van der Waals surface area contributed by atoms with Crippen LogP contribution in [0.2, 0.25) is 0 Å². The van der Waals surface area contributed by atoms with E-state index >= 15 is 0 Å². The molecule has 2 aliphatic rings. The third-order valence-corrected chi connectivity index (χ3v) is 5.11. The van der Waals surface area contributed by atoms with Crippen molar-refractivity contribution < 1.29 is 28.1 Å². The second kappa shape index (κ2) is 8.25. The number of benzene rings is 2. The quantitative estimate of drug-likeness (QED) is 0.429. The fourth-order valence-corrected chi connectivity index (χ4v) is 3.88. The van der Waals surface area contributed by atoms with Crippen LogP contribution in [0.4, 0.5) is 15.3 Å². The van der Waals surface area contributed by atoms with Crippen molar-refractivity contribution in [3.63, 3.8) is 0 Å². The van der Waals surface area contributed by atoms with Crippen molar-refractivity contribution in [2.75, 3.05) is 18.5 Å². The SMILES string of the molecule is CCOC(=O)C1c2ccc(OC(=O)Nc3ccccc3)cc2C2CN1C(=O)N2OS. The van der Waals surface area contributed by atoms with Crippen molar-refractivity contribution in [1.29, 1.82) is 0 Å². The average Bonchev–Trinajstić information content (AvgIpc) is 3.02. The molecule has 10 heteroatoms. The van der Waals surface area contributed by atoms with Crippen LogP contribution in [-0.2, 0) is 13.8 Å². The number of nitrogens with one attached hydrogen (secondary N) is 1. The Morgan fingerprint density at radius 3 is 2.63 bits per heavy atom. The number of nitrogens with zero attached hydrogens (tertiary/aromatic N) is 2. The standard InChI is InChI=1S/C20H19N3O6S/c1-2-27-18(24)17-14-9-8-13(28-19(25)21-12-6-4-3-5-7-12)10-15(14)16-11-22(17)20(26)23(16)29-30/h3-10,16-17,30H,2,11H2,1H3,(H,21,25). The van der Waals surface area contributed by atoms with Crippen LogP contribution in [0.5, 0.6) is 5.75 Å². The van der Waals surface area contributed by atoms with Gasteiger partial charge in [-0.05, 0) is 42.3 Å². The van der Waals surface area contributed by atoms with Gasteiger partial charge in [0.15, 0.2) is 6.04 Å². The minimum atomic E-state index is -0.913. The number of para-hydroxylation sites is 1. The van der Waals surface area contributed by atoms with Gasteiger partial charge in [-0.2, -0.15) is 5.06 Å². The molecule has 0 saturated carbocycles. The summed E-state index contributed by atoms with van der Waals surface area (Å²) in [5, 5.41) is 3.71. The molecule has 3 amide bonds. The van der Waals surface area contributed by atoms with Gasteiger partial charge in [0, 0.05) is 18.6 Å². The summed E-state index contributed by atoms with van der Waals surface area (Å²) in [6.45, 7) is 2.10. The predicted molar refractivity (Wildman–Crippen MR) is 109 cm³/mol. The smallest absolute Gasteiger partial charge is 0.417 e. The maximum atomic E-state index is 12.6. The van der Waals surface area contributed by atoms with Gasteiger partial charge in [0.25, 0.3) is 0 Å². The molecule has 0 radical (unpaired) electrons. The number of ether oxygens (including phenoxy) is 2. The zero-order chi connectivity index (χ0) is 21.3. The number of thiol groups is 1. The molecule has 0 aliphatic carbocycles. The molecule has 2 atom stereocenters. The van der Waals surface area contributed by atoms with Gasteiger partial charge in [0.1, 0.15) is 11.8 Å². The lowest BCUT2D eigenvalue weighted by atomic mass is 9.91. The van der Waals surface area contributed by atoms with E-state index < -0.39 is 30.2 Å². The molecule has 156 valence electrons. The topological polar surface area (TPSA) is 97.4 Å². The molecular weight excluding hydrogens is 410 g/mol. The summed E-state index contributed by atoms with van der Waals surface area (Å²) < 4.78 is 15.5. The van der Waals surface area contributed by atoms with Crippen molar-refractivity contribution in [3.05, 3.63) is 59.7 Å². The summed E-state index contributed by atoms with van der Waals surface area (Å²) in [5.74, 6) is -0.279. The van der Waals surface area contributed by atoms with Gasteiger partial charge in [-0.15, -0.1) is 0 Å². The number of anilines is 1. The molecule has 1 fully saturated rings. The molecule has 2 aromatic carbocycles. The summed E-state index contributed by atoms with van der Waals surface area (Å²) in [4.78, 5) is 38.8. The number of hydroxylamine groups is 2. The van der Waals surface area contributed by atoms with Crippen LogP contribution >= 0.6 is 12.9 Å². The van der Waals surface area contributed by atoms with Gasteiger partial charge in [0.2, 0.25) is 0 Å². The molecule has 0 aromatic heterocycles. The first-order chi connectivity index (χ1) is 14.5. The fourth-order valence-electron chi connectivity index (χ4n) is 3.70. The molecule has 1 saturated heterocycles. The summed E-state index contributed by atoms with van der Waals surface area (Å²) in [7, 11) is 0. The van der Waals surface area contributed by atoms with E-state index in [0.717, 1.165) is 5.06 Å². The predicted octanol–water partition coefficient (Wildman–Crippen LogP) is 3.47. The third kappa shape index (κ3) is 3.55. The number of amides is 3. The molecule has 0 spiro atoms. The normalized spacial score (nSPS) is 19.3. The number of carbonyl (C=O) groups is 3. The Kier molecular flexibility index (Phi) is 5.51. The molecule has 4 rings (SSSR count). The molecular formula is C20H19N3O6S. The van der Waals surface area contributed by atoms with Crippen LogP contribution in [0.25, 0.3) is 0 Å². The highest BCUT2D eigenvalue weighted by atomic mass is 32.1. The fraction of sp³-hybridized carbons (Fsp3) is 0.250. The minimum Gasteiger partial charge on any atom is -0.464 e. The minimum absolute atomic E-state index is 0.184. The van der Waals surface area contributed by atoms with Crippen LogP contribution in [0, 0.1) is 0 Å². The first-order valence-corrected chi connectivity index (χ1v) is 9.65. The Morgan fingerprint density at radius 1 is 1.17 bits per heavy atom. The van der Waals surface area contributed by atoms with Crippen LogP contribution in [0.3, 0.4) is 0 Å². The second-order valence-corrected chi connectivity index (χ2v) is 6.85. The van der Waals surface area contributed by atoms with Crippen molar-refractivity contribution in [3.8, 4) is 5.75 Å². The summed E-state index contributed by atoms with van der Waals surface area (Å²) in [6.07, 6.45) is -0.662. The van der Waals surface area contributed by atoms with E-state index in [4.69, 9.17) is 13.8 Å². The highest BCUT2D eigenvalue weighted by Crippen LogP contribution is 2.45. The molecule has 2 unspecified atom stereocenters. The number of hydrogen-bond acceptors (Lipinski definition) is 7. The Morgan fingerprint density at radius 2 is 1.93 bits per heavy atom. The van der Waals surface area contributed by atoms with Gasteiger partial charge < -0.3 is 14.4 Å². The molecule has 2 heterocycles. The Labute approximate surface area is 178 Å². The molecule has 2 bridgehead atoms. The monoisotopic (exact) mass is 429 g/mol. The number of carbonyl (C=O) groups excluding carboxylic acids is 3. The van der Waals surface area contributed by atoms with E-state index in [0.29, 0.717) is 16.8 Å². The van der Waals surface area contributed by atoms with Crippen molar-refractivity contribution in [2.45, 2.75) is 19.0 Å². The summed E-state index contributed by atoms with van der Waals surface area (Å²) in [5.41, 5.74) is 1.80. The van der Waals surface area contributed by atoms with Gasteiger partial charge in [0.05, 0.1) is 13.2 Å². The zero-order valence-electron chi connectivity index (χ0n) is 16.0. The number of fused-ring (bicyclic) bond motifs is 4. The van der Waals surface area contributed by atoms with E-state index in [1.165, 1.54) is 4.90 Å². The lowest BCUT2D eigenvalue weighted by Gasteiger charge is -2.31. The van der Waals surface area contributed by atoms with Crippen molar-refractivity contribution >= 4 is 36.7 Å². The van der Waals surface area contributed by atoms with Gasteiger partial charge in [-0.25, -0.2) is 18.7 Å². The van der Waals surface area contributed by atoms with Gasteiger partial charge in [-0.1, -0.05) is 24.3 Å². The van der Waals surface area contributed by atoms with Crippen molar-refractivity contribution in [2.24, 2.45) is 0 Å². The van der Waals surface area contributed by atoms with Gasteiger partial charge in [-0.3, -0.25) is 5.32 Å². The lowest BCUT2D eigenvalue weighted by molar-refractivity contribution is -0.148. The zero-order valence-corrected chi connectivity index (χ0v) is 16.9. The number of esters is 1. The van der Waals surface area contributed by atoms with E-state index in [9.17, 15) is 14.4 Å². The highest BCUT2D eigenvalue weighted by molar-refractivity contribution is 7.75.